The average Bonchev–Trinajstić information content (AvgIpc) is 2.34. The van der Waals surface area contributed by atoms with Crippen molar-refractivity contribution in [1.82, 2.24) is 4.90 Å². The van der Waals surface area contributed by atoms with Gasteiger partial charge >= 0.3 is 0 Å². The van der Waals surface area contributed by atoms with Crippen LogP contribution in [0, 0.1) is 5.82 Å². The van der Waals surface area contributed by atoms with Gasteiger partial charge in [-0.15, -0.1) is 0 Å². The summed E-state index contributed by atoms with van der Waals surface area (Å²) in [7, 11) is 3.98. The molecule has 0 aliphatic carbocycles. The molecule has 3 nitrogen and oxygen atoms in total. The van der Waals surface area contributed by atoms with Gasteiger partial charge in [-0.05, 0) is 32.3 Å². The highest BCUT2D eigenvalue weighted by molar-refractivity contribution is 5.54. The molecule has 0 amide bonds. The molecule has 0 heterocycles. The van der Waals surface area contributed by atoms with Crippen LogP contribution >= 0.6 is 0 Å². The van der Waals surface area contributed by atoms with Gasteiger partial charge in [0.2, 0.25) is 0 Å². The summed E-state index contributed by atoms with van der Waals surface area (Å²) in [4.78, 5) is 2.05. The Labute approximate surface area is 112 Å². The predicted molar refractivity (Wildman–Crippen MR) is 74.7 cm³/mol. The molecule has 0 fully saturated rings. The maximum absolute atomic E-state index is 13.0. The summed E-state index contributed by atoms with van der Waals surface area (Å²) in [6.07, 6.45) is 0. The Hall–Kier alpha value is -2.07. The fourth-order valence-corrected chi connectivity index (χ4v) is 1.81. The zero-order chi connectivity index (χ0) is 13.8. The lowest BCUT2D eigenvalue weighted by molar-refractivity contribution is 0.389. The third-order valence-electron chi connectivity index (χ3n) is 2.65. The molecule has 100 valence electrons. The van der Waals surface area contributed by atoms with Crippen molar-refractivity contribution in [2.75, 3.05) is 19.8 Å². The van der Waals surface area contributed by atoms with Crippen LogP contribution in [-0.2, 0) is 6.54 Å². The van der Waals surface area contributed by atoms with Crippen molar-refractivity contribution in [3.63, 3.8) is 0 Å². The normalized spacial score (nSPS) is 10.7. The second-order valence-electron chi connectivity index (χ2n) is 4.63. The van der Waals surface area contributed by atoms with Crippen LogP contribution in [0.1, 0.15) is 5.56 Å². The third kappa shape index (κ3) is 3.45. The highest BCUT2D eigenvalue weighted by Gasteiger charge is 2.08. The minimum atomic E-state index is -0.369. The minimum Gasteiger partial charge on any atom is -0.455 e. The number of anilines is 1. The van der Waals surface area contributed by atoms with Crippen LogP contribution in [0.5, 0.6) is 11.5 Å². The van der Waals surface area contributed by atoms with Crippen molar-refractivity contribution in [3.05, 3.63) is 53.8 Å². The van der Waals surface area contributed by atoms with Gasteiger partial charge in [0, 0.05) is 18.2 Å². The van der Waals surface area contributed by atoms with Crippen LogP contribution in [0.2, 0.25) is 0 Å². The lowest BCUT2D eigenvalue weighted by atomic mass is 10.2. The van der Waals surface area contributed by atoms with Crippen molar-refractivity contribution in [1.29, 1.82) is 0 Å². The van der Waals surface area contributed by atoms with Gasteiger partial charge < -0.3 is 15.4 Å². The molecule has 19 heavy (non-hydrogen) atoms. The molecule has 0 saturated heterocycles. The molecule has 0 saturated carbocycles. The molecular formula is C15H17FN2O. The molecule has 0 atom stereocenters. The molecule has 2 aromatic carbocycles. The number of benzene rings is 2. The van der Waals surface area contributed by atoms with E-state index in [1.54, 1.807) is 0 Å². The second kappa shape index (κ2) is 5.71. The van der Waals surface area contributed by atoms with Gasteiger partial charge in [0.25, 0.3) is 0 Å². The smallest absolute Gasteiger partial charge is 0.150 e. The third-order valence-corrected chi connectivity index (χ3v) is 2.65. The standard InChI is InChI=1S/C15H17FN2O/c1-18(2)10-11-5-3-4-6-14(11)19-15-8-7-12(16)9-13(15)17/h3-9H,10,17H2,1-2H3/i16-1. The van der Waals surface area contributed by atoms with Crippen molar-refractivity contribution in [3.8, 4) is 11.5 Å². The van der Waals surface area contributed by atoms with Gasteiger partial charge in [0.05, 0.1) is 5.69 Å². The molecule has 2 rings (SSSR count). The van der Waals surface area contributed by atoms with E-state index in [-0.39, 0.29) is 5.82 Å². The summed E-state index contributed by atoms with van der Waals surface area (Å²) in [5.41, 5.74) is 7.09. The fourth-order valence-electron chi connectivity index (χ4n) is 1.81. The van der Waals surface area contributed by atoms with Gasteiger partial charge in [0.15, 0.2) is 5.75 Å². The summed E-state index contributed by atoms with van der Waals surface area (Å²) in [6.45, 7) is 0.761. The summed E-state index contributed by atoms with van der Waals surface area (Å²) in [6, 6.07) is 11.9. The molecule has 0 aliphatic rings. The van der Waals surface area contributed by atoms with Crippen LogP contribution < -0.4 is 10.5 Å². The Kier molecular flexibility index (Phi) is 4.02. The van der Waals surface area contributed by atoms with E-state index >= 15 is 0 Å². The lowest BCUT2D eigenvalue weighted by Gasteiger charge is -2.15. The number of halogens is 1. The average molecular weight is 259 g/mol. The number of nitrogens with zero attached hydrogens (tertiary/aromatic N) is 1. The van der Waals surface area contributed by atoms with Gasteiger partial charge in [-0.3, -0.25) is 0 Å². The first-order chi connectivity index (χ1) is 9.06. The second-order valence-corrected chi connectivity index (χ2v) is 4.63. The zero-order valence-corrected chi connectivity index (χ0v) is 11.1. The molecule has 0 aliphatic heterocycles. The first-order valence-electron chi connectivity index (χ1n) is 6.02. The van der Waals surface area contributed by atoms with Crippen LogP contribution in [0.25, 0.3) is 0 Å². The summed E-state index contributed by atoms with van der Waals surface area (Å²) in [5.74, 6) is 0.827. The van der Waals surface area contributed by atoms with Gasteiger partial charge in [-0.2, -0.15) is 0 Å². The molecule has 0 spiro atoms. The van der Waals surface area contributed by atoms with E-state index in [1.165, 1.54) is 18.2 Å². The molecule has 4 heteroatoms. The Morgan fingerprint density at radius 2 is 1.84 bits per heavy atom. The lowest BCUT2D eigenvalue weighted by Crippen LogP contribution is -2.11. The molecule has 2 N–H and O–H groups in total. The summed E-state index contributed by atoms with van der Waals surface area (Å²) >= 11 is 0. The van der Waals surface area contributed by atoms with Crippen molar-refractivity contribution in [2.45, 2.75) is 6.54 Å². The molecule has 0 aromatic heterocycles. The van der Waals surface area contributed by atoms with E-state index in [1.807, 2.05) is 38.4 Å². The molecule has 0 radical (unpaired) electrons. The van der Waals surface area contributed by atoms with Crippen molar-refractivity contribution >= 4 is 5.69 Å². The SMILES string of the molecule is CN(C)Cc1ccccc1Oc1ccc([18F])cc1N. The van der Waals surface area contributed by atoms with E-state index < -0.39 is 0 Å². The minimum absolute atomic E-state index is 0.291. The number of hydrogen-bond acceptors (Lipinski definition) is 3. The van der Waals surface area contributed by atoms with Crippen LogP contribution in [-0.4, -0.2) is 19.0 Å². The Bertz CT molecular complexity index is 570. The van der Waals surface area contributed by atoms with E-state index in [4.69, 9.17) is 10.5 Å². The highest BCUT2D eigenvalue weighted by atomic mass is 18.2. The fraction of sp³-hybridized carbons (Fsp3) is 0.200. The van der Waals surface area contributed by atoms with Gasteiger partial charge in [0.1, 0.15) is 11.6 Å². The summed E-state index contributed by atoms with van der Waals surface area (Å²) < 4.78 is 18.8. The molecule has 0 bridgehead atoms. The number of rotatable bonds is 4. The number of para-hydroxylation sites is 1. The van der Waals surface area contributed by atoms with Gasteiger partial charge in [-0.25, -0.2) is 4.39 Å². The van der Waals surface area contributed by atoms with Gasteiger partial charge in [-0.1, -0.05) is 18.2 Å². The van der Waals surface area contributed by atoms with E-state index in [0.29, 0.717) is 11.4 Å². The topological polar surface area (TPSA) is 38.5 Å². The number of hydrogen-bond donors (Lipinski definition) is 1. The zero-order valence-electron chi connectivity index (χ0n) is 11.1. The molecule has 0 unspecified atom stereocenters. The van der Waals surface area contributed by atoms with Crippen LogP contribution in [0.15, 0.2) is 42.5 Å². The van der Waals surface area contributed by atoms with Crippen molar-refractivity contribution < 1.29 is 9.13 Å². The molecular weight excluding hydrogens is 242 g/mol. The Balaban J connectivity index is 2.27. The Morgan fingerprint density at radius 3 is 2.53 bits per heavy atom. The van der Waals surface area contributed by atoms with Crippen molar-refractivity contribution in [2.24, 2.45) is 0 Å². The maximum Gasteiger partial charge on any atom is 0.150 e. The van der Waals surface area contributed by atoms with Crippen LogP contribution in [0.4, 0.5) is 10.1 Å². The van der Waals surface area contributed by atoms with E-state index in [0.717, 1.165) is 17.9 Å². The van der Waals surface area contributed by atoms with Crippen LogP contribution in [0.3, 0.4) is 0 Å². The monoisotopic (exact) mass is 259 g/mol. The number of ether oxygens (including phenoxy) is 1. The highest BCUT2D eigenvalue weighted by Crippen LogP contribution is 2.30. The van der Waals surface area contributed by atoms with E-state index in [9.17, 15) is 4.39 Å². The number of nitrogen functional groups attached to an aromatic ring is 1. The quantitative estimate of drug-likeness (QED) is 0.856. The largest absolute Gasteiger partial charge is 0.455 e. The molecule has 2 aromatic rings. The Morgan fingerprint density at radius 1 is 1.11 bits per heavy atom. The summed E-state index contributed by atoms with van der Waals surface area (Å²) in [5, 5.41) is 0. The first kappa shape index (κ1) is 13.4. The first-order valence-corrected chi connectivity index (χ1v) is 6.02. The predicted octanol–water partition coefficient (Wildman–Crippen LogP) is 3.26. The van der Waals surface area contributed by atoms with E-state index in [2.05, 4.69) is 4.90 Å². The maximum atomic E-state index is 13.0. The number of nitrogens with two attached hydrogens (primary N) is 1.